The summed E-state index contributed by atoms with van der Waals surface area (Å²) in [5.74, 6) is 0.0554. The zero-order chi connectivity index (χ0) is 23.8. The SMILES string of the molecule is CCOC(=O)c1sc(CC(=O)/C(C#N)=C/c2ccc(OC(C)C)c(OC)c2)c(C#N)c1C. The number of nitriles is 2. The Hall–Kier alpha value is -3.62. The van der Waals surface area contributed by atoms with E-state index in [1.807, 2.05) is 26.0 Å². The van der Waals surface area contributed by atoms with Gasteiger partial charge in [0.1, 0.15) is 17.0 Å². The van der Waals surface area contributed by atoms with Gasteiger partial charge in [0.15, 0.2) is 17.3 Å². The van der Waals surface area contributed by atoms with Gasteiger partial charge in [-0.2, -0.15) is 10.5 Å². The van der Waals surface area contributed by atoms with Crippen molar-refractivity contribution in [3.8, 4) is 23.6 Å². The van der Waals surface area contributed by atoms with Crippen LogP contribution < -0.4 is 9.47 Å². The Morgan fingerprint density at radius 3 is 2.50 bits per heavy atom. The van der Waals surface area contributed by atoms with Gasteiger partial charge < -0.3 is 14.2 Å². The second kappa shape index (κ2) is 11.1. The lowest BCUT2D eigenvalue weighted by molar-refractivity contribution is -0.114. The monoisotopic (exact) mass is 452 g/mol. The number of Topliss-reactive ketones (excluding diaryl/α,β-unsaturated/α-hetero) is 1. The summed E-state index contributed by atoms with van der Waals surface area (Å²) in [5.41, 5.74) is 1.27. The number of hydrogen-bond donors (Lipinski definition) is 0. The lowest BCUT2D eigenvalue weighted by Gasteiger charge is -2.13. The van der Waals surface area contributed by atoms with Gasteiger partial charge in [0, 0.05) is 11.3 Å². The first-order valence-corrected chi connectivity index (χ1v) is 10.8. The Balaban J connectivity index is 2.34. The summed E-state index contributed by atoms with van der Waals surface area (Å²) in [5, 5.41) is 19.1. The van der Waals surface area contributed by atoms with Gasteiger partial charge in [-0.3, -0.25) is 4.79 Å². The van der Waals surface area contributed by atoms with Gasteiger partial charge in [-0.15, -0.1) is 11.3 Å². The van der Waals surface area contributed by atoms with E-state index in [0.29, 0.717) is 32.4 Å². The molecule has 1 heterocycles. The van der Waals surface area contributed by atoms with Crippen LogP contribution in [0, 0.1) is 29.6 Å². The maximum Gasteiger partial charge on any atom is 0.348 e. The predicted molar refractivity (Wildman–Crippen MR) is 121 cm³/mol. The van der Waals surface area contributed by atoms with Gasteiger partial charge >= 0.3 is 5.97 Å². The van der Waals surface area contributed by atoms with Gasteiger partial charge in [0.25, 0.3) is 0 Å². The van der Waals surface area contributed by atoms with E-state index < -0.39 is 11.8 Å². The van der Waals surface area contributed by atoms with Crippen LogP contribution in [0.1, 0.15) is 52.0 Å². The first-order chi connectivity index (χ1) is 15.2. The van der Waals surface area contributed by atoms with Crippen molar-refractivity contribution in [3.63, 3.8) is 0 Å². The molecule has 0 saturated heterocycles. The molecule has 0 amide bonds. The minimum Gasteiger partial charge on any atom is -0.493 e. The van der Waals surface area contributed by atoms with Crippen LogP contribution in [-0.4, -0.2) is 31.6 Å². The van der Waals surface area contributed by atoms with Crippen LogP contribution in [0.2, 0.25) is 0 Å². The molecule has 1 aromatic heterocycles. The number of rotatable bonds is 9. The molecule has 0 unspecified atom stereocenters. The molecule has 0 aliphatic rings. The number of methoxy groups -OCH3 is 1. The Morgan fingerprint density at radius 1 is 1.22 bits per heavy atom. The molecule has 0 spiro atoms. The average Bonchev–Trinajstić information content (AvgIpc) is 3.07. The number of carbonyl (C=O) groups excluding carboxylic acids is 2. The Morgan fingerprint density at radius 2 is 1.94 bits per heavy atom. The highest BCUT2D eigenvalue weighted by atomic mass is 32.1. The van der Waals surface area contributed by atoms with Crippen LogP contribution in [0.3, 0.4) is 0 Å². The van der Waals surface area contributed by atoms with Crippen molar-refractivity contribution in [1.82, 2.24) is 0 Å². The lowest BCUT2D eigenvalue weighted by Crippen LogP contribution is -2.07. The summed E-state index contributed by atoms with van der Waals surface area (Å²) in [6, 6.07) is 9.09. The van der Waals surface area contributed by atoms with Crippen molar-refractivity contribution in [3.05, 3.63) is 50.2 Å². The van der Waals surface area contributed by atoms with Gasteiger partial charge in [-0.1, -0.05) is 6.07 Å². The third-order valence-electron chi connectivity index (χ3n) is 4.40. The molecule has 0 fully saturated rings. The van der Waals surface area contributed by atoms with E-state index in [9.17, 15) is 20.1 Å². The molecule has 0 aliphatic heterocycles. The topological polar surface area (TPSA) is 109 Å². The van der Waals surface area contributed by atoms with Crippen LogP contribution in [-0.2, 0) is 16.0 Å². The molecule has 0 bridgehead atoms. The van der Waals surface area contributed by atoms with Gasteiger partial charge in [0.05, 0.1) is 31.0 Å². The molecule has 7 nitrogen and oxygen atoms in total. The zero-order valence-electron chi connectivity index (χ0n) is 18.6. The van der Waals surface area contributed by atoms with Crippen LogP contribution >= 0.6 is 11.3 Å². The zero-order valence-corrected chi connectivity index (χ0v) is 19.5. The number of ether oxygens (including phenoxy) is 3. The Labute approximate surface area is 191 Å². The van der Waals surface area contributed by atoms with Gasteiger partial charge in [-0.05, 0) is 57.0 Å². The fraction of sp³-hybridized carbons (Fsp3) is 0.333. The maximum atomic E-state index is 12.8. The van der Waals surface area contributed by atoms with Crippen LogP contribution in [0.4, 0.5) is 0 Å². The molecule has 0 atom stereocenters. The van der Waals surface area contributed by atoms with E-state index in [1.54, 1.807) is 32.0 Å². The summed E-state index contributed by atoms with van der Waals surface area (Å²) in [6.45, 7) is 7.34. The number of benzene rings is 1. The smallest absolute Gasteiger partial charge is 0.348 e. The Kier molecular flexibility index (Phi) is 8.57. The molecule has 0 aliphatic carbocycles. The highest BCUT2D eigenvalue weighted by Gasteiger charge is 2.23. The largest absolute Gasteiger partial charge is 0.493 e. The minimum atomic E-state index is -0.531. The molecule has 2 aromatic rings. The fourth-order valence-corrected chi connectivity index (χ4v) is 4.09. The molecular formula is C24H24N2O5S. The predicted octanol–water partition coefficient (Wildman–Crippen LogP) is 4.62. The van der Waals surface area contributed by atoms with Gasteiger partial charge in [0.2, 0.25) is 0 Å². The second-order valence-electron chi connectivity index (χ2n) is 7.03. The van der Waals surface area contributed by atoms with Crippen molar-refractivity contribution in [1.29, 1.82) is 10.5 Å². The maximum absolute atomic E-state index is 12.8. The first kappa shape index (κ1) is 24.6. The van der Waals surface area contributed by atoms with Gasteiger partial charge in [-0.25, -0.2) is 4.79 Å². The number of allylic oxidation sites excluding steroid dienone is 1. The van der Waals surface area contributed by atoms with Crippen molar-refractivity contribution < 1.29 is 23.8 Å². The van der Waals surface area contributed by atoms with E-state index in [1.165, 1.54) is 13.2 Å². The van der Waals surface area contributed by atoms with Crippen molar-refractivity contribution in [2.45, 2.75) is 40.2 Å². The molecule has 0 saturated carbocycles. The minimum absolute atomic E-state index is 0.0374. The quantitative estimate of drug-likeness (QED) is 0.310. The highest BCUT2D eigenvalue weighted by Crippen LogP contribution is 2.31. The van der Waals surface area contributed by atoms with E-state index in [4.69, 9.17) is 14.2 Å². The number of nitrogens with zero attached hydrogens (tertiary/aromatic N) is 2. The summed E-state index contributed by atoms with van der Waals surface area (Å²) in [4.78, 5) is 25.7. The third kappa shape index (κ3) is 5.75. The second-order valence-corrected chi connectivity index (χ2v) is 8.14. The average molecular weight is 453 g/mol. The van der Waals surface area contributed by atoms with Crippen molar-refractivity contribution in [2.24, 2.45) is 0 Å². The standard InChI is InChI=1S/C24H24N2O5S/c1-6-30-24(28)23-15(4)18(13-26)22(32-23)11-19(27)17(12-25)9-16-7-8-20(31-14(2)3)21(10-16)29-5/h7-10,14H,6,11H2,1-5H3/b17-9+. The first-order valence-electron chi connectivity index (χ1n) is 9.94. The number of ketones is 1. The molecule has 0 N–H and O–H groups in total. The van der Waals surface area contributed by atoms with Crippen LogP contribution in [0.25, 0.3) is 6.08 Å². The molecule has 0 radical (unpaired) electrons. The molecule has 32 heavy (non-hydrogen) atoms. The molecular weight excluding hydrogens is 428 g/mol. The van der Waals surface area contributed by atoms with E-state index in [0.717, 1.165) is 11.3 Å². The van der Waals surface area contributed by atoms with Crippen LogP contribution in [0.5, 0.6) is 11.5 Å². The molecule has 2 rings (SSSR count). The van der Waals surface area contributed by atoms with E-state index in [-0.39, 0.29) is 30.3 Å². The summed E-state index contributed by atoms with van der Waals surface area (Å²) >= 11 is 1.04. The van der Waals surface area contributed by atoms with Crippen LogP contribution in [0.15, 0.2) is 23.8 Å². The number of carbonyl (C=O) groups is 2. The van der Waals surface area contributed by atoms with E-state index in [2.05, 4.69) is 0 Å². The Bertz CT molecular complexity index is 1130. The highest BCUT2D eigenvalue weighted by molar-refractivity contribution is 7.14. The molecule has 1 aromatic carbocycles. The number of esters is 1. The van der Waals surface area contributed by atoms with E-state index >= 15 is 0 Å². The summed E-state index contributed by atoms with van der Waals surface area (Å²) in [7, 11) is 1.51. The fourth-order valence-electron chi connectivity index (χ4n) is 2.94. The number of thiophene rings is 1. The van der Waals surface area contributed by atoms with Crippen molar-refractivity contribution >= 4 is 29.2 Å². The lowest BCUT2D eigenvalue weighted by atomic mass is 10.0. The third-order valence-corrected chi connectivity index (χ3v) is 5.67. The number of hydrogen-bond acceptors (Lipinski definition) is 8. The molecule has 8 heteroatoms. The normalized spacial score (nSPS) is 10.9. The van der Waals surface area contributed by atoms with Crippen molar-refractivity contribution in [2.75, 3.05) is 13.7 Å². The molecule has 166 valence electrons. The summed E-state index contributed by atoms with van der Waals surface area (Å²) in [6.07, 6.45) is 1.26. The summed E-state index contributed by atoms with van der Waals surface area (Å²) < 4.78 is 16.0.